The minimum absolute atomic E-state index is 0.0668. The minimum Gasteiger partial charge on any atom is -0.491 e. The van der Waals surface area contributed by atoms with Crippen molar-refractivity contribution in [2.45, 2.75) is 50.7 Å². The number of anilines is 2. The van der Waals surface area contributed by atoms with Gasteiger partial charge in [-0.1, -0.05) is 45.4 Å². The molecule has 0 saturated heterocycles. The van der Waals surface area contributed by atoms with Crippen molar-refractivity contribution in [2.75, 3.05) is 43.1 Å². The fourth-order valence-electron chi connectivity index (χ4n) is 5.30. The van der Waals surface area contributed by atoms with Gasteiger partial charge in [-0.25, -0.2) is 0 Å². The van der Waals surface area contributed by atoms with Gasteiger partial charge in [0.05, 0.1) is 12.3 Å². The van der Waals surface area contributed by atoms with Crippen molar-refractivity contribution in [2.24, 2.45) is 5.92 Å². The molecule has 240 valence electrons. The van der Waals surface area contributed by atoms with Crippen molar-refractivity contribution < 1.29 is 14.3 Å². The van der Waals surface area contributed by atoms with Gasteiger partial charge in [0.15, 0.2) is 0 Å². The lowest BCUT2D eigenvalue weighted by atomic mass is 10.00. The molecule has 2 heterocycles. The van der Waals surface area contributed by atoms with E-state index in [2.05, 4.69) is 77.4 Å². The number of hydrogen-bond acceptors (Lipinski definition) is 7. The summed E-state index contributed by atoms with van der Waals surface area (Å²) in [6.45, 7) is 10.2. The third-order valence-electron chi connectivity index (χ3n) is 7.67. The standard InChI is InChI=1S/C38H44N4O3S/c1-4-5-20-44-21-22-45-35-11-6-29(7-12-35)30-8-15-37-32(23-30)24-31(16-19-42(37)26-28(2)3)38(43)41-33-9-13-36(14-10-33)46-27-34-25-39-17-18-40-34/h6-15,17-18,23-25,28H,4-5,16,19-22,26-27H2,1-3H3,(H,41,43). The van der Waals surface area contributed by atoms with Crippen LogP contribution < -0.4 is 15.0 Å². The summed E-state index contributed by atoms with van der Waals surface area (Å²) in [5, 5.41) is 3.13. The number of ether oxygens (including phenoxy) is 2. The van der Waals surface area contributed by atoms with Crippen molar-refractivity contribution in [1.82, 2.24) is 9.97 Å². The summed E-state index contributed by atoms with van der Waals surface area (Å²) in [5.41, 5.74) is 6.91. The van der Waals surface area contributed by atoms with Crippen LogP contribution in [-0.4, -0.2) is 48.8 Å². The number of carbonyl (C=O) groups is 1. The Balaban J connectivity index is 1.27. The molecule has 0 saturated carbocycles. The number of benzene rings is 3. The molecule has 8 heteroatoms. The lowest BCUT2D eigenvalue weighted by Crippen LogP contribution is -2.29. The number of nitrogens with one attached hydrogen (secondary N) is 1. The third kappa shape index (κ3) is 9.68. The van der Waals surface area contributed by atoms with Crippen molar-refractivity contribution in [3.8, 4) is 16.9 Å². The topological polar surface area (TPSA) is 76.6 Å². The Morgan fingerprint density at radius 2 is 1.78 bits per heavy atom. The van der Waals surface area contributed by atoms with Crippen LogP contribution in [0.3, 0.4) is 0 Å². The summed E-state index contributed by atoms with van der Waals surface area (Å²) >= 11 is 1.69. The molecule has 1 amide bonds. The molecule has 0 atom stereocenters. The molecular weight excluding hydrogens is 593 g/mol. The Morgan fingerprint density at radius 3 is 2.52 bits per heavy atom. The molecule has 0 spiro atoms. The van der Waals surface area contributed by atoms with Crippen LogP contribution in [0.15, 0.2) is 95.8 Å². The summed E-state index contributed by atoms with van der Waals surface area (Å²) in [6.07, 6.45) is 10.1. The molecule has 0 unspecified atom stereocenters. The van der Waals surface area contributed by atoms with E-state index in [4.69, 9.17) is 9.47 Å². The van der Waals surface area contributed by atoms with Crippen LogP contribution in [0.5, 0.6) is 5.75 Å². The number of fused-ring (bicyclic) bond motifs is 1. The van der Waals surface area contributed by atoms with Gasteiger partial charge in [0, 0.05) is 65.9 Å². The van der Waals surface area contributed by atoms with Crippen molar-refractivity contribution in [3.05, 3.63) is 102 Å². The predicted molar refractivity (Wildman–Crippen MR) is 189 cm³/mol. The maximum Gasteiger partial charge on any atom is 0.251 e. The molecule has 46 heavy (non-hydrogen) atoms. The predicted octanol–water partition coefficient (Wildman–Crippen LogP) is 8.52. The Morgan fingerprint density at radius 1 is 0.978 bits per heavy atom. The second kappa shape index (κ2) is 17.0. The fourth-order valence-corrected chi connectivity index (χ4v) is 6.09. The normalized spacial score (nSPS) is 12.8. The summed E-state index contributed by atoms with van der Waals surface area (Å²) in [7, 11) is 0. The summed E-state index contributed by atoms with van der Waals surface area (Å²) in [4.78, 5) is 25.5. The van der Waals surface area contributed by atoms with Crippen LogP contribution in [0.4, 0.5) is 11.4 Å². The van der Waals surface area contributed by atoms with Gasteiger partial charge >= 0.3 is 0 Å². The SMILES string of the molecule is CCCCOCCOc1ccc(-c2ccc3c(c2)C=C(C(=O)Nc2ccc(SCc4cnccn4)cc2)CCN3CC(C)C)cc1. The molecule has 1 aliphatic heterocycles. The number of carbonyl (C=O) groups excluding carboxylic acids is 1. The molecule has 5 rings (SSSR count). The molecule has 1 N–H and O–H groups in total. The number of hydrogen-bond donors (Lipinski definition) is 1. The van der Waals surface area contributed by atoms with E-state index in [-0.39, 0.29) is 5.91 Å². The molecule has 4 aromatic rings. The van der Waals surface area contributed by atoms with Crippen LogP contribution >= 0.6 is 11.8 Å². The van der Waals surface area contributed by atoms with Gasteiger partial charge in [-0.15, -0.1) is 11.8 Å². The lowest BCUT2D eigenvalue weighted by molar-refractivity contribution is -0.112. The van der Waals surface area contributed by atoms with Crippen molar-refractivity contribution >= 4 is 35.1 Å². The quantitative estimate of drug-likeness (QED) is 0.104. The molecule has 1 aliphatic rings. The number of nitrogens with zero attached hydrogens (tertiary/aromatic N) is 3. The highest BCUT2D eigenvalue weighted by atomic mass is 32.2. The van der Waals surface area contributed by atoms with E-state index in [0.29, 0.717) is 25.6 Å². The van der Waals surface area contributed by atoms with Gasteiger partial charge in [0.25, 0.3) is 5.91 Å². The first-order chi connectivity index (χ1) is 22.5. The van der Waals surface area contributed by atoms with Crippen molar-refractivity contribution in [3.63, 3.8) is 0 Å². The van der Waals surface area contributed by atoms with E-state index in [9.17, 15) is 4.79 Å². The first-order valence-electron chi connectivity index (χ1n) is 16.2. The monoisotopic (exact) mass is 636 g/mol. The largest absolute Gasteiger partial charge is 0.491 e. The highest BCUT2D eigenvalue weighted by Gasteiger charge is 2.21. The van der Waals surface area contributed by atoms with Gasteiger partial charge in [-0.3, -0.25) is 14.8 Å². The van der Waals surface area contributed by atoms with Gasteiger partial charge < -0.3 is 19.7 Å². The van der Waals surface area contributed by atoms with E-state index in [1.54, 1.807) is 30.4 Å². The molecule has 0 radical (unpaired) electrons. The molecule has 0 bridgehead atoms. The summed E-state index contributed by atoms with van der Waals surface area (Å²) in [6, 6.07) is 22.7. The highest BCUT2D eigenvalue weighted by molar-refractivity contribution is 7.98. The zero-order valence-electron chi connectivity index (χ0n) is 27.1. The van der Waals surface area contributed by atoms with Crippen LogP contribution in [0.2, 0.25) is 0 Å². The van der Waals surface area contributed by atoms with E-state index in [0.717, 1.165) is 88.3 Å². The van der Waals surface area contributed by atoms with Crippen LogP contribution in [0.25, 0.3) is 17.2 Å². The highest BCUT2D eigenvalue weighted by Crippen LogP contribution is 2.34. The minimum atomic E-state index is -0.0668. The lowest BCUT2D eigenvalue weighted by Gasteiger charge is -2.27. The Bertz CT molecular complexity index is 1570. The smallest absolute Gasteiger partial charge is 0.251 e. The van der Waals surface area contributed by atoms with Gasteiger partial charge in [-0.05, 0) is 90.1 Å². The Labute approximate surface area is 277 Å². The molecule has 1 aromatic heterocycles. The number of rotatable bonds is 15. The van der Waals surface area contributed by atoms with Crippen LogP contribution in [0.1, 0.15) is 51.3 Å². The maximum absolute atomic E-state index is 13.6. The average molecular weight is 637 g/mol. The fraction of sp³-hybridized carbons (Fsp3) is 0.342. The average Bonchev–Trinajstić information content (AvgIpc) is 3.25. The second-order valence-corrected chi connectivity index (χ2v) is 12.9. The zero-order chi connectivity index (χ0) is 32.1. The van der Waals surface area contributed by atoms with Crippen LogP contribution in [0, 0.1) is 5.92 Å². The first-order valence-corrected chi connectivity index (χ1v) is 17.2. The van der Waals surface area contributed by atoms with Crippen LogP contribution in [-0.2, 0) is 15.3 Å². The number of unbranched alkanes of at least 4 members (excludes halogenated alkanes) is 1. The number of aromatic nitrogens is 2. The van der Waals surface area contributed by atoms with Crippen molar-refractivity contribution in [1.29, 1.82) is 0 Å². The van der Waals surface area contributed by atoms with Gasteiger partial charge in [0.1, 0.15) is 12.4 Å². The summed E-state index contributed by atoms with van der Waals surface area (Å²) < 4.78 is 11.5. The van der Waals surface area contributed by atoms with E-state index < -0.39 is 0 Å². The Kier molecular flexibility index (Phi) is 12.3. The summed E-state index contributed by atoms with van der Waals surface area (Å²) in [5.74, 6) is 2.00. The molecule has 0 fully saturated rings. The van der Waals surface area contributed by atoms with E-state index in [1.807, 2.05) is 36.4 Å². The Hall–Kier alpha value is -4.14. The number of amides is 1. The first kappa shape index (κ1) is 33.2. The molecule has 3 aromatic carbocycles. The van der Waals surface area contributed by atoms with Gasteiger partial charge in [-0.2, -0.15) is 0 Å². The molecule has 7 nitrogen and oxygen atoms in total. The zero-order valence-corrected chi connectivity index (χ0v) is 27.9. The number of thioether (sulfide) groups is 1. The molecular formula is C38H44N4O3S. The third-order valence-corrected chi connectivity index (χ3v) is 8.71. The second-order valence-electron chi connectivity index (χ2n) is 11.8. The van der Waals surface area contributed by atoms with E-state index >= 15 is 0 Å². The molecule has 0 aliphatic carbocycles. The maximum atomic E-state index is 13.6. The van der Waals surface area contributed by atoms with E-state index in [1.165, 1.54) is 0 Å². The van der Waals surface area contributed by atoms with Gasteiger partial charge in [0.2, 0.25) is 0 Å².